The molecule has 1 saturated heterocycles. The molecule has 0 amide bonds. The number of nitrogens with zero attached hydrogens (tertiary/aromatic N) is 2. The third kappa shape index (κ3) is 7.85. The zero-order valence-corrected chi connectivity index (χ0v) is 17.5. The van der Waals surface area contributed by atoms with Crippen molar-refractivity contribution >= 4 is 41.3 Å². The SMILES string of the molecule is CCCN1CCC(CNC(=NCc2ccsc2)NCC)CC1.I. The molecule has 1 fully saturated rings. The van der Waals surface area contributed by atoms with E-state index in [1.165, 1.54) is 44.5 Å². The second-order valence-electron chi connectivity index (χ2n) is 5.99. The van der Waals surface area contributed by atoms with Crippen molar-refractivity contribution in [3.63, 3.8) is 0 Å². The Morgan fingerprint density at radius 2 is 2.09 bits per heavy atom. The molecule has 2 heterocycles. The van der Waals surface area contributed by atoms with Crippen molar-refractivity contribution in [3.05, 3.63) is 22.4 Å². The van der Waals surface area contributed by atoms with Crippen LogP contribution in [0.15, 0.2) is 21.8 Å². The summed E-state index contributed by atoms with van der Waals surface area (Å²) in [5, 5.41) is 11.1. The lowest BCUT2D eigenvalue weighted by Crippen LogP contribution is -2.43. The van der Waals surface area contributed by atoms with Gasteiger partial charge in [0.25, 0.3) is 0 Å². The molecule has 0 radical (unpaired) electrons. The highest BCUT2D eigenvalue weighted by atomic mass is 127. The Balaban J connectivity index is 0.00000264. The van der Waals surface area contributed by atoms with Gasteiger partial charge < -0.3 is 15.5 Å². The fourth-order valence-corrected chi connectivity index (χ4v) is 3.53. The molecule has 0 atom stereocenters. The van der Waals surface area contributed by atoms with Crippen LogP contribution < -0.4 is 10.6 Å². The van der Waals surface area contributed by atoms with Crippen LogP contribution in [-0.4, -0.2) is 43.6 Å². The molecule has 4 nitrogen and oxygen atoms in total. The number of aliphatic imine (C=N–C) groups is 1. The maximum Gasteiger partial charge on any atom is 0.191 e. The standard InChI is InChI=1S/C17H30N4S.HI/c1-3-8-21-9-5-15(6-10-21)12-19-17(18-4-2)20-13-16-7-11-22-14-16;/h7,11,14-15H,3-6,8-10,12-13H2,1-2H3,(H2,18,19,20);1H. The van der Waals surface area contributed by atoms with E-state index < -0.39 is 0 Å². The molecule has 1 aromatic rings. The van der Waals surface area contributed by atoms with E-state index >= 15 is 0 Å². The number of guanidine groups is 1. The van der Waals surface area contributed by atoms with Crippen LogP contribution in [0.25, 0.3) is 0 Å². The summed E-state index contributed by atoms with van der Waals surface area (Å²) in [5.74, 6) is 1.72. The topological polar surface area (TPSA) is 39.7 Å². The average Bonchev–Trinajstić information content (AvgIpc) is 3.05. The number of nitrogens with one attached hydrogen (secondary N) is 2. The minimum atomic E-state index is 0. The Labute approximate surface area is 162 Å². The molecule has 0 aliphatic carbocycles. The summed E-state index contributed by atoms with van der Waals surface area (Å²) in [6, 6.07) is 2.14. The summed E-state index contributed by atoms with van der Waals surface area (Å²) in [5.41, 5.74) is 1.29. The summed E-state index contributed by atoms with van der Waals surface area (Å²) < 4.78 is 0. The molecule has 23 heavy (non-hydrogen) atoms. The van der Waals surface area contributed by atoms with E-state index in [1.807, 2.05) is 0 Å². The third-order valence-corrected chi connectivity index (χ3v) is 4.88. The lowest BCUT2D eigenvalue weighted by atomic mass is 9.97. The molecule has 6 heteroatoms. The van der Waals surface area contributed by atoms with E-state index in [4.69, 9.17) is 0 Å². The molecule has 2 rings (SSSR count). The van der Waals surface area contributed by atoms with Crippen molar-refractivity contribution in [2.24, 2.45) is 10.9 Å². The van der Waals surface area contributed by atoms with Crippen LogP contribution in [0, 0.1) is 5.92 Å². The normalized spacial score (nSPS) is 16.9. The fraction of sp³-hybridized carbons (Fsp3) is 0.706. The molecule has 132 valence electrons. The largest absolute Gasteiger partial charge is 0.357 e. The van der Waals surface area contributed by atoms with Crippen LogP contribution in [0.2, 0.25) is 0 Å². The first-order valence-electron chi connectivity index (χ1n) is 8.57. The molecular weight excluding hydrogens is 419 g/mol. The van der Waals surface area contributed by atoms with Crippen molar-refractivity contribution in [1.29, 1.82) is 0 Å². The van der Waals surface area contributed by atoms with Crippen molar-refractivity contribution < 1.29 is 0 Å². The minimum absolute atomic E-state index is 0. The number of hydrogen-bond donors (Lipinski definition) is 2. The van der Waals surface area contributed by atoms with E-state index in [2.05, 4.69) is 51.2 Å². The number of rotatable bonds is 7. The first-order chi connectivity index (χ1) is 10.8. The highest BCUT2D eigenvalue weighted by molar-refractivity contribution is 14.0. The Bertz CT molecular complexity index is 428. The maximum absolute atomic E-state index is 4.68. The Morgan fingerprint density at radius 3 is 2.70 bits per heavy atom. The van der Waals surface area contributed by atoms with Gasteiger partial charge in [-0.05, 0) is 74.1 Å². The van der Waals surface area contributed by atoms with Crippen molar-refractivity contribution in [3.8, 4) is 0 Å². The molecule has 0 saturated carbocycles. The number of hydrogen-bond acceptors (Lipinski definition) is 3. The monoisotopic (exact) mass is 450 g/mol. The van der Waals surface area contributed by atoms with E-state index in [0.717, 1.165) is 31.5 Å². The number of piperidine rings is 1. The quantitative estimate of drug-likeness (QED) is 0.379. The number of likely N-dealkylation sites (tertiary alicyclic amines) is 1. The van der Waals surface area contributed by atoms with Gasteiger partial charge in [-0.3, -0.25) is 0 Å². The predicted octanol–water partition coefficient (Wildman–Crippen LogP) is 3.54. The maximum atomic E-state index is 4.68. The van der Waals surface area contributed by atoms with Gasteiger partial charge in [-0.2, -0.15) is 11.3 Å². The predicted molar refractivity (Wildman–Crippen MR) is 112 cm³/mol. The van der Waals surface area contributed by atoms with Gasteiger partial charge in [-0.15, -0.1) is 24.0 Å². The van der Waals surface area contributed by atoms with Crippen molar-refractivity contribution in [2.45, 2.75) is 39.7 Å². The van der Waals surface area contributed by atoms with Crippen LogP contribution in [0.3, 0.4) is 0 Å². The van der Waals surface area contributed by atoms with Crippen molar-refractivity contribution in [1.82, 2.24) is 15.5 Å². The van der Waals surface area contributed by atoms with Gasteiger partial charge in [0.05, 0.1) is 6.54 Å². The lowest BCUT2D eigenvalue weighted by Gasteiger charge is -2.32. The summed E-state index contributed by atoms with van der Waals surface area (Å²) in [6.07, 6.45) is 3.87. The van der Waals surface area contributed by atoms with E-state index in [0.29, 0.717) is 0 Å². The summed E-state index contributed by atoms with van der Waals surface area (Å²) >= 11 is 1.73. The Morgan fingerprint density at radius 1 is 1.30 bits per heavy atom. The number of halogens is 1. The molecule has 0 spiro atoms. The number of thiophene rings is 1. The van der Waals surface area contributed by atoms with E-state index in [9.17, 15) is 0 Å². The van der Waals surface area contributed by atoms with Crippen LogP contribution >= 0.6 is 35.3 Å². The second kappa shape index (κ2) is 12.1. The highest BCUT2D eigenvalue weighted by Crippen LogP contribution is 2.16. The average molecular weight is 450 g/mol. The van der Waals surface area contributed by atoms with Crippen molar-refractivity contribution in [2.75, 3.05) is 32.7 Å². The molecular formula is C17H31IN4S. The molecule has 0 unspecified atom stereocenters. The van der Waals surface area contributed by atoms with Crippen LogP contribution in [0.5, 0.6) is 0 Å². The molecule has 1 aliphatic rings. The Kier molecular flexibility index (Phi) is 10.9. The fourth-order valence-electron chi connectivity index (χ4n) is 2.87. The summed E-state index contributed by atoms with van der Waals surface area (Å²) in [7, 11) is 0. The van der Waals surface area contributed by atoms with Gasteiger partial charge in [0.1, 0.15) is 0 Å². The molecule has 0 bridgehead atoms. The lowest BCUT2D eigenvalue weighted by molar-refractivity contribution is 0.185. The smallest absolute Gasteiger partial charge is 0.191 e. The van der Waals surface area contributed by atoms with Crippen LogP contribution in [0.1, 0.15) is 38.7 Å². The summed E-state index contributed by atoms with van der Waals surface area (Å²) in [6.45, 7) is 10.8. The first kappa shape index (κ1) is 20.7. The van der Waals surface area contributed by atoms with Gasteiger partial charge in [0.2, 0.25) is 0 Å². The van der Waals surface area contributed by atoms with E-state index in [1.54, 1.807) is 11.3 Å². The third-order valence-electron chi connectivity index (χ3n) is 4.15. The highest BCUT2D eigenvalue weighted by Gasteiger charge is 2.18. The van der Waals surface area contributed by atoms with Gasteiger partial charge >= 0.3 is 0 Å². The van der Waals surface area contributed by atoms with Gasteiger partial charge in [-0.1, -0.05) is 6.92 Å². The zero-order chi connectivity index (χ0) is 15.6. The minimum Gasteiger partial charge on any atom is -0.357 e. The van der Waals surface area contributed by atoms with E-state index in [-0.39, 0.29) is 24.0 Å². The van der Waals surface area contributed by atoms with Gasteiger partial charge in [0, 0.05) is 13.1 Å². The molecule has 0 aromatic carbocycles. The van der Waals surface area contributed by atoms with Gasteiger partial charge in [-0.25, -0.2) is 4.99 Å². The summed E-state index contributed by atoms with van der Waals surface area (Å²) in [4.78, 5) is 7.27. The molecule has 1 aliphatic heterocycles. The zero-order valence-electron chi connectivity index (χ0n) is 14.4. The van der Waals surface area contributed by atoms with Crippen LogP contribution in [-0.2, 0) is 6.54 Å². The van der Waals surface area contributed by atoms with Gasteiger partial charge in [0.15, 0.2) is 5.96 Å². The van der Waals surface area contributed by atoms with Crippen LogP contribution in [0.4, 0.5) is 0 Å². The Hall–Kier alpha value is -0.340. The first-order valence-corrected chi connectivity index (χ1v) is 9.51. The second-order valence-corrected chi connectivity index (χ2v) is 6.77. The molecule has 2 N–H and O–H groups in total. The molecule has 1 aromatic heterocycles.